The molecule has 1 unspecified atom stereocenters. The Bertz CT molecular complexity index is 862. The lowest BCUT2D eigenvalue weighted by Crippen LogP contribution is -2.31. The molecule has 152 valence electrons. The van der Waals surface area contributed by atoms with Crippen LogP contribution >= 0.6 is 12.4 Å². The van der Waals surface area contributed by atoms with E-state index in [2.05, 4.69) is 50.5 Å². The van der Waals surface area contributed by atoms with E-state index in [1.54, 1.807) is 0 Å². The van der Waals surface area contributed by atoms with Crippen LogP contribution in [0, 0.1) is 18.3 Å². The SMILES string of the molecule is Cc1cccc(-n2nc(C(C)(C)C)cc2NC(=O)C2CC23CCNCC3)c1.Cl. The third-order valence-electron chi connectivity index (χ3n) is 6.08. The average Bonchev–Trinajstić information content (AvgIpc) is 3.11. The first-order chi connectivity index (χ1) is 12.8. The van der Waals surface area contributed by atoms with Crippen LogP contribution in [0.25, 0.3) is 5.69 Å². The Balaban J connectivity index is 0.00000225. The minimum Gasteiger partial charge on any atom is -0.317 e. The fraction of sp³-hybridized carbons (Fsp3) is 0.545. The lowest BCUT2D eigenvalue weighted by molar-refractivity contribution is -0.118. The van der Waals surface area contributed by atoms with Gasteiger partial charge in [-0.25, -0.2) is 4.68 Å². The molecule has 2 aliphatic rings. The van der Waals surface area contributed by atoms with Gasteiger partial charge in [-0.15, -0.1) is 12.4 Å². The zero-order valence-corrected chi connectivity index (χ0v) is 18.0. The van der Waals surface area contributed by atoms with Gasteiger partial charge in [0, 0.05) is 17.4 Å². The largest absolute Gasteiger partial charge is 0.317 e. The maximum Gasteiger partial charge on any atom is 0.229 e. The number of piperidine rings is 1. The predicted molar refractivity (Wildman–Crippen MR) is 116 cm³/mol. The maximum absolute atomic E-state index is 13.0. The summed E-state index contributed by atoms with van der Waals surface area (Å²) in [7, 11) is 0. The molecule has 6 heteroatoms. The highest BCUT2D eigenvalue weighted by molar-refractivity contribution is 5.94. The lowest BCUT2D eigenvalue weighted by atomic mass is 9.91. The molecule has 1 atom stereocenters. The fourth-order valence-corrected chi connectivity index (χ4v) is 4.20. The van der Waals surface area contributed by atoms with Crippen LogP contribution in [0.3, 0.4) is 0 Å². The van der Waals surface area contributed by atoms with Gasteiger partial charge in [0.25, 0.3) is 0 Å². The van der Waals surface area contributed by atoms with E-state index in [-0.39, 0.29) is 35.1 Å². The van der Waals surface area contributed by atoms with Crippen molar-refractivity contribution in [2.75, 3.05) is 18.4 Å². The number of rotatable bonds is 3. The molecule has 2 fully saturated rings. The molecular weight excluding hydrogens is 372 g/mol. The molecule has 1 spiro atoms. The average molecular weight is 403 g/mol. The smallest absolute Gasteiger partial charge is 0.229 e. The Labute approximate surface area is 173 Å². The van der Waals surface area contributed by atoms with Crippen LogP contribution in [0.1, 0.15) is 51.3 Å². The van der Waals surface area contributed by atoms with Crippen molar-refractivity contribution in [3.05, 3.63) is 41.6 Å². The van der Waals surface area contributed by atoms with Gasteiger partial charge in [-0.05, 0) is 62.4 Å². The van der Waals surface area contributed by atoms with Gasteiger partial charge in [-0.3, -0.25) is 4.79 Å². The summed E-state index contributed by atoms with van der Waals surface area (Å²) in [6.45, 7) is 10.6. The molecule has 0 radical (unpaired) electrons. The van der Waals surface area contributed by atoms with Crippen LogP contribution in [0.5, 0.6) is 0 Å². The molecule has 28 heavy (non-hydrogen) atoms. The van der Waals surface area contributed by atoms with Crippen molar-refractivity contribution in [3.63, 3.8) is 0 Å². The second-order valence-electron chi connectivity index (χ2n) is 9.27. The molecule has 1 aliphatic heterocycles. The van der Waals surface area contributed by atoms with Crippen LogP contribution < -0.4 is 10.6 Å². The molecule has 5 nitrogen and oxygen atoms in total. The van der Waals surface area contributed by atoms with Crippen molar-refractivity contribution in [2.24, 2.45) is 11.3 Å². The molecule has 1 aliphatic carbocycles. The highest BCUT2D eigenvalue weighted by atomic mass is 35.5. The number of carbonyl (C=O) groups is 1. The minimum atomic E-state index is -0.0790. The molecule has 4 rings (SSSR count). The summed E-state index contributed by atoms with van der Waals surface area (Å²) in [5, 5.41) is 11.4. The number of anilines is 1. The standard InChI is InChI=1S/C22H30N4O.ClH/c1-15-6-5-7-16(12-15)26-19(13-18(25-26)21(2,3)4)24-20(27)17-14-22(17)8-10-23-11-9-22;/h5-7,12-13,17,23H,8-11,14H2,1-4H3,(H,24,27);1H. The van der Waals surface area contributed by atoms with E-state index >= 15 is 0 Å². The van der Waals surface area contributed by atoms with Crippen LogP contribution in [-0.4, -0.2) is 28.8 Å². The number of nitrogens with one attached hydrogen (secondary N) is 2. The third kappa shape index (κ3) is 3.96. The molecule has 0 bridgehead atoms. The van der Waals surface area contributed by atoms with E-state index in [9.17, 15) is 4.79 Å². The molecule has 1 aromatic carbocycles. The van der Waals surface area contributed by atoms with Crippen molar-refractivity contribution in [3.8, 4) is 5.69 Å². The summed E-state index contributed by atoms with van der Waals surface area (Å²) in [6.07, 6.45) is 3.23. The van der Waals surface area contributed by atoms with Gasteiger partial charge in [-0.2, -0.15) is 5.10 Å². The van der Waals surface area contributed by atoms with E-state index < -0.39 is 0 Å². The number of carbonyl (C=O) groups excluding carboxylic acids is 1. The number of hydrogen-bond acceptors (Lipinski definition) is 3. The van der Waals surface area contributed by atoms with E-state index in [4.69, 9.17) is 5.10 Å². The summed E-state index contributed by atoms with van der Waals surface area (Å²) < 4.78 is 1.88. The molecule has 1 amide bonds. The summed E-state index contributed by atoms with van der Waals surface area (Å²) in [6, 6.07) is 10.3. The quantitative estimate of drug-likeness (QED) is 0.807. The van der Waals surface area contributed by atoms with Crippen molar-refractivity contribution < 1.29 is 4.79 Å². The third-order valence-corrected chi connectivity index (χ3v) is 6.08. The Morgan fingerprint density at radius 2 is 1.96 bits per heavy atom. The lowest BCUT2D eigenvalue weighted by Gasteiger charge is -2.23. The van der Waals surface area contributed by atoms with Gasteiger partial charge in [0.15, 0.2) is 0 Å². The molecule has 2 heterocycles. The Morgan fingerprint density at radius 1 is 1.25 bits per heavy atom. The van der Waals surface area contributed by atoms with Crippen molar-refractivity contribution in [1.82, 2.24) is 15.1 Å². The van der Waals surface area contributed by atoms with Gasteiger partial charge in [0.05, 0.1) is 11.4 Å². The fourth-order valence-electron chi connectivity index (χ4n) is 4.20. The predicted octanol–water partition coefficient (Wildman–Crippen LogP) is 4.23. The van der Waals surface area contributed by atoms with Gasteiger partial charge in [0.1, 0.15) is 5.82 Å². The molecular formula is C22H31ClN4O. The summed E-state index contributed by atoms with van der Waals surface area (Å²) in [5.41, 5.74) is 3.29. The van der Waals surface area contributed by atoms with E-state index in [0.717, 1.165) is 49.6 Å². The topological polar surface area (TPSA) is 59.0 Å². The molecule has 2 aromatic rings. The number of hydrogen-bond donors (Lipinski definition) is 2. The van der Waals surface area contributed by atoms with Crippen molar-refractivity contribution in [1.29, 1.82) is 0 Å². The maximum atomic E-state index is 13.0. The zero-order valence-electron chi connectivity index (χ0n) is 17.2. The highest BCUT2D eigenvalue weighted by Gasteiger charge is 2.57. The normalized spacial score (nSPS) is 20.5. The van der Waals surface area contributed by atoms with E-state index in [1.807, 2.05) is 22.9 Å². The minimum absolute atomic E-state index is 0. The van der Waals surface area contributed by atoms with Crippen molar-refractivity contribution >= 4 is 24.1 Å². The number of aryl methyl sites for hydroxylation is 1. The van der Waals surface area contributed by atoms with Gasteiger partial charge in [-0.1, -0.05) is 32.9 Å². The molecule has 2 N–H and O–H groups in total. The Morgan fingerprint density at radius 3 is 2.61 bits per heavy atom. The monoisotopic (exact) mass is 402 g/mol. The molecule has 1 saturated heterocycles. The van der Waals surface area contributed by atoms with E-state index in [0.29, 0.717) is 0 Å². The second-order valence-corrected chi connectivity index (χ2v) is 9.27. The second kappa shape index (κ2) is 7.53. The van der Waals surface area contributed by atoms with E-state index in [1.165, 1.54) is 5.56 Å². The first kappa shape index (κ1) is 20.9. The number of benzene rings is 1. The number of nitrogens with zero attached hydrogens (tertiary/aromatic N) is 2. The first-order valence-corrected chi connectivity index (χ1v) is 9.98. The summed E-state index contributed by atoms with van der Waals surface area (Å²) in [5.74, 6) is 1.05. The van der Waals surface area contributed by atoms with Crippen LogP contribution in [0.2, 0.25) is 0 Å². The number of amides is 1. The van der Waals surface area contributed by atoms with Crippen LogP contribution in [0.15, 0.2) is 30.3 Å². The Hall–Kier alpha value is -1.85. The Kier molecular flexibility index (Phi) is 5.61. The molecule has 1 aromatic heterocycles. The van der Waals surface area contributed by atoms with Gasteiger partial charge >= 0.3 is 0 Å². The zero-order chi connectivity index (χ0) is 19.2. The van der Waals surface area contributed by atoms with Crippen molar-refractivity contribution in [2.45, 2.75) is 52.4 Å². The number of aromatic nitrogens is 2. The summed E-state index contributed by atoms with van der Waals surface area (Å²) >= 11 is 0. The van der Waals surface area contributed by atoms with Gasteiger partial charge in [0.2, 0.25) is 5.91 Å². The summed E-state index contributed by atoms with van der Waals surface area (Å²) in [4.78, 5) is 13.0. The van der Waals surface area contributed by atoms with Crippen LogP contribution in [0.4, 0.5) is 5.82 Å². The molecule has 1 saturated carbocycles. The van der Waals surface area contributed by atoms with Gasteiger partial charge < -0.3 is 10.6 Å². The number of halogens is 1. The van der Waals surface area contributed by atoms with Crippen LogP contribution in [-0.2, 0) is 10.2 Å². The first-order valence-electron chi connectivity index (χ1n) is 9.98. The highest BCUT2D eigenvalue weighted by Crippen LogP contribution is 2.58.